The maximum Gasteiger partial charge on any atom is 0.273 e. The number of thiazole rings is 1. The number of carbonyl (C=O) groups excluding carboxylic acids is 2. The zero-order valence-electron chi connectivity index (χ0n) is 9.26. The van der Waals surface area contributed by atoms with E-state index in [0.29, 0.717) is 31.7 Å². The Morgan fingerprint density at radius 3 is 2.88 bits per heavy atom. The summed E-state index contributed by atoms with van der Waals surface area (Å²) in [5.74, 6) is -0.725. The Kier molecular flexibility index (Phi) is 3.39. The molecule has 1 aromatic heterocycles. The average Bonchev–Trinajstić information content (AvgIpc) is 2.97. The summed E-state index contributed by atoms with van der Waals surface area (Å²) in [7, 11) is 0. The van der Waals surface area contributed by atoms with E-state index in [1.54, 1.807) is 10.3 Å². The Morgan fingerprint density at radius 2 is 2.35 bits per heavy atom. The summed E-state index contributed by atoms with van der Waals surface area (Å²) in [5.41, 5.74) is 11.1. The summed E-state index contributed by atoms with van der Waals surface area (Å²) in [6, 6.07) is 0. The van der Waals surface area contributed by atoms with Crippen LogP contribution in [0.4, 0.5) is 0 Å². The molecule has 1 unspecified atom stereocenters. The number of amides is 2. The molecule has 0 aromatic carbocycles. The number of likely N-dealkylation sites (tertiary alicyclic amines) is 1. The lowest BCUT2D eigenvalue weighted by Crippen LogP contribution is -2.31. The summed E-state index contributed by atoms with van der Waals surface area (Å²) in [6.07, 6.45) is 0.634. The maximum atomic E-state index is 12.0. The first kappa shape index (κ1) is 12.0. The van der Waals surface area contributed by atoms with Crippen molar-refractivity contribution in [3.8, 4) is 0 Å². The van der Waals surface area contributed by atoms with Crippen molar-refractivity contribution in [3.05, 3.63) is 16.1 Å². The van der Waals surface area contributed by atoms with Crippen molar-refractivity contribution in [1.29, 1.82) is 0 Å². The molecule has 92 valence electrons. The molecule has 2 rings (SSSR count). The van der Waals surface area contributed by atoms with Crippen molar-refractivity contribution >= 4 is 23.2 Å². The summed E-state index contributed by atoms with van der Waals surface area (Å²) >= 11 is 1.37. The molecule has 0 saturated carbocycles. The molecule has 1 aliphatic heterocycles. The topological polar surface area (TPSA) is 102 Å². The van der Waals surface area contributed by atoms with Gasteiger partial charge in [0, 0.05) is 25.0 Å². The van der Waals surface area contributed by atoms with E-state index in [-0.39, 0.29) is 17.7 Å². The fourth-order valence-electron chi connectivity index (χ4n) is 1.84. The van der Waals surface area contributed by atoms with E-state index in [0.717, 1.165) is 5.01 Å². The summed E-state index contributed by atoms with van der Waals surface area (Å²) in [4.78, 5) is 28.8. The SMILES string of the molecule is NCc1nc(C(=O)N2CCC(C(N)=O)C2)cs1. The second-order valence-electron chi connectivity index (χ2n) is 3.97. The van der Waals surface area contributed by atoms with Gasteiger partial charge in [0.15, 0.2) is 0 Å². The van der Waals surface area contributed by atoms with E-state index in [1.165, 1.54) is 11.3 Å². The number of hydrogen-bond donors (Lipinski definition) is 2. The molecule has 6 nitrogen and oxygen atoms in total. The first-order valence-corrected chi connectivity index (χ1v) is 6.23. The van der Waals surface area contributed by atoms with Crippen molar-refractivity contribution in [2.45, 2.75) is 13.0 Å². The van der Waals surface area contributed by atoms with Crippen LogP contribution in [-0.4, -0.2) is 34.8 Å². The Bertz CT molecular complexity index is 445. The largest absolute Gasteiger partial charge is 0.369 e. The molecule has 7 heteroatoms. The van der Waals surface area contributed by atoms with Gasteiger partial charge in [-0.1, -0.05) is 0 Å². The molecule has 4 N–H and O–H groups in total. The molecule has 1 aliphatic rings. The van der Waals surface area contributed by atoms with Crippen LogP contribution in [0.25, 0.3) is 0 Å². The zero-order valence-corrected chi connectivity index (χ0v) is 10.1. The minimum absolute atomic E-state index is 0.148. The molecule has 1 fully saturated rings. The summed E-state index contributed by atoms with van der Waals surface area (Å²) in [5, 5.41) is 2.43. The van der Waals surface area contributed by atoms with Gasteiger partial charge < -0.3 is 16.4 Å². The number of nitrogens with two attached hydrogens (primary N) is 2. The number of aromatic nitrogens is 1. The highest BCUT2D eigenvalue weighted by Crippen LogP contribution is 2.19. The van der Waals surface area contributed by atoms with Gasteiger partial charge in [-0.2, -0.15) is 0 Å². The number of rotatable bonds is 3. The number of nitrogens with zero attached hydrogens (tertiary/aromatic N) is 2. The van der Waals surface area contributed by atoms with Gasteiger partial charge in [0.05, 0.1) is 5.92 Å². The van der Waals surface area contributed by atoms with Crippen LogP contribution in [-0.2, 0) is 11.3 Å². The highest BCUT2D eigenvalue weighted by atomic mass is 32.1. The third-order valence-electron chi connectivity index (χ3n) is 2.82. The molecule has 1 saturated heterocycles. The van der Waals surface area contributed by atoms with Crippen molar-refractivity contribution in [2.24, 2.45) is 17.4 Å². The summed E-state index contributed by atoms with van der Waals surface area (Å²) in [6.45, 7) is 1.29. The van der Waals surface area contributed by atoms with Gasteiger partial charge in [-0.15, -0.1) is 11.3 Å². The van der Waals surface area contributed by atoms with Gasteiger partial charge in [-0.25, -0.2) is 4.98 Å². The first-order chi connectivity index (χ1) is 8.11. The standard InChI is InChI=1S/C10H14N4O2S/c11-3-8-13-7(5-17-8)10(16)14-2-1-6(4-14)9(12)15/h5-6H,1-4,11H2,(H2,12,15). The van der Waals surface area contributed by atoms with Crippen LogP contribution in [0, 0.1) is 5.92 Å². The first-order valence-electron chi connectivity index (χ1n) is 5.35. The predicted octanol–water partition coefficient (Wildman–Crippen LogP) is -0.451. The molecule has 0 spiro atoms. The number of primary amides is 1. The molecule has 1 aromatic rings. The quantitative estimate of drug-likeness (QED) is 0.762. The van der Waals surface area contributed by atoms with E-state index < -0.39 is 0 Å². The number of carbonyl (C=O) groups is 2. The Morgan fingerprint density at radius 1 is 1.59 bits per heavy atom. The van der Waals surface area contributed by atoms with Gasteiger partial charge in [0.1, 0.15) is 10.7 Å². The molecular weight excluding hydrogens is 240 g/mol. The van der Waals surface area contributed by atoms with E-state index >= 15 is 0 Å². The van der Waals surface area contributed by atoms with Gasteiger partial charge in [0.25, 0.3) is 5.91 Å². The van der Waals surface area contributed by atoms with Crippen molar-refractivity contribution in [1.82, 2.24) is 9.88 Å². The highest BCUT2D eigenvalue weighted by Gasteiger charge is 2.30. The maximum absolute atomic E-state index is 12.0. The van der Waals surface area contributed by atoms with Crippen molar-refractivity contribution in [3.63, 3.8) is 0 Å². The van der Waals surface area contributed by atoms with E-state index in [2.05, 4.69) is 4.98 Å². The van der Waals surface area contributed by atoms with Crippen LogP contribution >= 0.6 is 11.3 Å². The molecule has 0 bridgehead atoms. The van der Waals surface area contributed by atoms with Crippen molar-refractivity contribution < 1.29 is 9.59 Å². The molecule has 0 aliphatic carbocycles. The second-order valence-corrected chi connectivity index (χ2v) is 4.91. The average molecular weight is 254 g/mol. The van der Waals surface area contributed by atoms with Crippen LogP contribution in [0.15, 0.2) is 5.38 Å². The third kappa shape index (κ3) is 2.45. The molecule has 2 heterocycles. The van der Waals surface area contributed by atoms with Gasteiger partial charge in [-0.05, 0) is 6.42 Å². The van der Waals surface area contributed by atoms with Crippen LogP contribution in [0.2, 0.25) is 0 Å². The van der Waals surface area contributed by atoms with Crippen LogP contribution in [0.1, 0.15) is 21.9 Å². The fraction of sp³-hybridized carbons (Fsp3) is 0.500. The Balaban J connectivity index is 2.04. The smallest absolute Gasteiger partial charge is 0.273 e. The second kappa shape index (κ2) is 4.80. The van der Waals surface area contributed by atoms with E-state index in [9.17, 15) is 9.59 Å². The molecule has 17 heavy (non-hydrogen) atoms. The van der Waals surface area contributed by atoms with E-state index in [4.69, 9.17) is 11.5 Å². The number of hydrogen-bond acceptors (Lipinski definition) is 5. The van der Waals surface area contributed by atoms with Crippen molar-refractivity contribution in [2.75, 3.05) is 13.1 Å². The van der Waals surface area contributed by atoms with Gasteiger partial charge in [0.2, 0.25) is 5.91 Å². The normalized spacial score (nSPS) is 19.6. The van der Waals surface area contributed by atoms with Crippen LogP contribution in [0.5, 0.6) is 0 Å². The zero-order chi connectivity index (χ0) is 12.4. The van der Waals surface area contributed by atoms with Crippen LogP contribution < -0.4 is 11.5 Å². The molecular formula is C10H14N4O2S. The molecule has 1 atom stereocenters. The highest BCUT2D eigenvalue weighted by molar-refractivity contribution is 7.09. The predicted molar refractivity (Wildman–Crippen MR) is 63.2 cm³/mol. The Labute approximate surface area is 103 Å². The Hall–Kier alpha value is -1.47. The van der Waals surface area contributed by atoms with Gasteiger partial charge in [-0.3, -0.25) is 9.59 Å². The molecule has 2 amide bonds. The monoisotopic (exact) mass is 254 g/mol. The fourth-order valence-corrected chi connectivity index (χ4v) is 2.49. The lowest BCUT2D eigenvalue weighted by Gasteiger charge is -2.13. The van der Waals surface area contributed by atoms with E-state index in [1.807, 2.05) is 0 Å². The minimum atomic E-state index is -0.346. The lowest BCUT2D eigenvalue weighted by molar-refractivity contribution is -0.121. The summed E-state index contributed by atoms with van der Waals surface area (Å²) < 4.78 is 0. The minimum Gasteiger partial charge on any atom is -0.369 e. The van der Waals surface area contributed by atoms with Gasteiger partial charge >= 0.3 is 0 Å². The third-order valence-corrected chi connectivity index (χ3v) is 3.69. The molecule has 0 radical (unpaired) electrons. The van der Waals surface area contributed by atoms with Crippen LogP contribution in [0.3, 0.4) is 0 Å². The lowest BCUT2D eigenvalue weighted by atomic mass is 10.1.